The van der Waals surface area contributed by atoms with E-state index in [9.17, 15) is 4.79 Å². The highest BCUT2D eigenvalue weighted by Gasteiger charge is 2.08. The smallest absolute Gasteiger partial charge is 0.252 e. The summed E-state index contributed by atoms with van der Waals surface area (Å²) in [5.41, 5.74) is 0.443. The second-order valence-electron chi connectivity index (χ2n) is 2.19. The van der Waals surface area contributed by atoms with E-state index in [-0.39, 0.29) is 19.1 Å². The molecule has 0 aliphatic rings. The van der Waals surface area contributed by atoms with E-state index in [0.717, 1.165) is 0 Å². The van der Waals surface area contributed by atoms with Crippen molar-refractivity contribution in [3.63, 3.8) is 0 Å². The van der Waals surface area contributed by atoms with Gasteiger partial charge in [0.1, 0.15) is 0 Å². The largest absolute Gasteiger partial charge is 0.395 e. The molecule has 0 unspecified atom stereocenters. The molecule has 0 heterocycles. The van der Waals surface area contributed by atoms with Gasteiger partial charge in [0.15, 0.2) is 0 Å². The molecule has 0 atom stereocenters. The van der Waals surface area contributed by atoms with E-state index >= 15 is 0 Å². The molecule has 1 amide bonds. The molecule has 0 aromatic heterocycles. The van der Waals surface area contributed by atoms with E-state index in [4.69, 9.17) is 5.11 Å². The molecule has 3 heteroatoms. The van der Waals surface area contributed by atoms with Gasteiger partial charge in [-0.25, -0.2) is 0 Å². The minimum Gasteiger partial charge on any atom is -0.395 e. The van der Waals surface area contributed by atoms with Gasteiger partial charge in [-0.05, 0) is 13.1 Å². The van der Waals surface area contributed by atoms with Crippen molar-refractivity contribution < 1.29 is 9.90 Å². The number of carbonyl (C=O) groups excluding carboxylic acids is 1. The normalized spacial score (nSPS) is 8.00. The summed E-state index contributed by atoms with van der Waals surface area (Å²) < 4.78 is 0. The van der Waals surface area contributed by atoms with Gasteiger partial charge >= 0.3 is 0 Å². The molecule has 0 aliphatic heterocycles. The number of carbonyl (C=O) groups is 1. The lowest BCUT2D eigenvalue weighted by molar-refractivity contribution is -0.124. The third kappa shape index (κ3) is 6.11. The van der Waals surface area contributed by atoms with E-state index in [1.165, 1.54) is 11.1 Å². The van der Waals surface area contributed by atoms with Crippen LogP contribution in [0.3, 0.4) is 0 Å². The average Bonchev–Trinajstić information content (AvgIpc) is 2.16. The first-order chi connectivity index (χ1) is 6.13. The Labute approximate surface area is 80.4 Å². The maximum absolute atomic E-state index is 11.1. The summed E-state index contributed by atoms with van der Waals surface area (Å²) in [4.78, 5) is 12.4. The van der Waals surface area contributed by atoms with Crippen molar-refractivity contribution in [1.82, 2.24) is 4.90 Å². The standard InChI is InChI=1S/C8H13NO2.C2H6/c1-4-9(5-6-10)8(11)7(2)3;1-2/h4,10H,1-2,5-6H2,3H3;1-2H3. The molecule has 13 heavy (non-hydrogen) atoms. The monoisotopic (exact) mass is 185 g/mol. The van der Waals surface area contributed by atoms with Gasteiger partial charge in [-0.1, -0.05) is 27.0 Å². The lowest BCUT2D eigenvalue weighted by atomic mass is 10.3. The van der Waals surface area contributed by atoms with Crippen LogP contribution < -0.4 is 0 Å². The van der Waals surface area contributed by atoms with Gasteiger partial charge in [0, 0.05) is 12.1 Å². The fourth-order valence-electron chi connectivity index (χ4n) is 0.629. The second kappa shape index (κ2) is 9.00. The van der Waals surface area contributed by atoms with Crippen LogP contribution in [0.5, 0.6) is 0 Å². The Morgan fingerprint density at radius 3 is 2.23 bits per heavy atom. The summed E-state index contributed by atoms with van der Waals surface area (Å²) in [6, 6.07) is 0. The summed E-state index contributed by atoms with van der Waals surface area (Å²) in [6.07, 6.45) is 1.38. The Kier molecular flexibility index (Phi) is 10.00. The third-order valence-electron chi connectivity index (χ3n) is 1.19. The number of hydrogen-bond acceptors (Lipinski definition) is 2. The van der Waals surface area contributed by atoms with Crippen LogP contribution in [-0.4, -0.2) is 29.1 Å². The SMILES string of the molecule is C=CN(CCO)C(=O)C(=C)C.CC. The minimum atomic E-state index is -0.200. The van der Waals surface area contributed by atoms with Crippen molar-refractivity contribution in [1.29, 1.82) is 0 Å². The van der Waals surface area contributed by atoms with Gasteiger partial charge < -0.3 is 10.0 Å². The van der Waals surface area contributed by atoms with Gasteiger partial charge in [-0.3, -0.25) is 4.79 Å². The molecule has 1 N–H and O–H groups in total. The number of aliphatic hydroxyl groups is 1. The lowest BCUT2D eigenvalue weighted by Crippen LogP contribution is -2.28. The Morgan fingerprint density at radius 2 is 2.00 bits per heavy atom. The third-order valence-corrected chi connectivity index (χ3v) is 1.19. The molecular weight excluding hydrogens is 166 g/mol. The zero-order valence-electron chi connectivity index (χ0n) is 8.71. The maximum Gasteiger partial charge on any atom is 0.252 e. The summed E-state index contributed by atoms with van der Waals surface area (Å²) in [6.45, 7) is 12.8. The van der Waals surface area contributed by atoms with Crippen molar-refractivity contribution >= 4 is 5.91 Å². The van der Waals surface area contributed by atoms with E-state index in [1.54, 1.807) is 6.92 Å². The maximum atomic E-state index is 11.1. The number of aliphatic hydroxyl groups excluding tert-OH is 1. The summed E-state index contributed by atoms with van der Waals surface area (Å²) in [5, 5.41) is 8.53. The fraction of sp³-hybridized carbons (Fsp3) is 0.500. The van der Waals surface area contributed by atoms with Gasteiger partial charge in [-0.15, -0.1) is 0 Å². The van der Waals surface area contributed by atoms with E-state index < -0.39 is 0 Å². The molecule has 0 saturated heterocycles. The molecule has 0 fully saturated rings. The molecule has 0 aromatic carbocycles. The van der Waals surface area contributed by atoms with E-state index in [2.05, 4.69) is 13.2 Å². The van der Waals surface area contributed by atoms with Crippen molar-refractivity contribution in [3.8, 4) is 0 Å². The second-order valence-corrected chi connectivity index (χ2v) is 2.19. The van der Waals surface area contributed by atoms with Crippen LogP contribution in [-0.2, 0) is 4.79 Å². The predicted molar refractivity (Wildman–Crippen MR) is 55.2 cm³/mol. The number of amides is 1. The van der Waals surface area contributed by atoms with E-state index in [1.807, 2.05) is 13.8 Å². The molecule has 3 nitrogen and oxygen atoms in total. The van der Waals surface area contributed by atoms with Crippen molar-refractivity contribution in [2.75, 3.05) is 13.2 Å². The number of rotatable bonds is 4. The molecule has 0 aromatic rings. The van der Waals surface area contributed by atoms with Gasteiger partial charge in [0.05, 0.1) is 6.61 Å². The molecule has 0 saturated carbocycles. The van der Waals surface area contributed by atoms with Crippen LogP contribution >= 0.6 is 0 Å². The number of hydrogen-bond donors (Lipinski definition) is 1. The van der Waals surface area contributed by atoms with Crippen LogP contribution in [0.1, 0.15) is 20.8 Å². The molecule has 0 aliphatic carbocycles. The first-order valence-corrected chi connectivity index (χ1v) is 4.33. The van der Waals surface area contributed by atoms with Gasteiger partial charge in [-0.2, -0.15) is 0 Å². The lowest BCUT2D eigenvalue weighted by Gasteiger charge is -2.15. The van der Waals surface area contributed by atoms with Crippen molar-refractivity contribution in [2.45, 2.75) is 20.8 Å². The van der Waals surface area contributed by atoms with Crippen LogP contribution in [0.2, 0.25) is 0 Å². The Balaban J connectivity index is 0. The quantitative estimate of drug-likeness (QED) is 0.675. The summed E-state index contributed by atoms with van der Waals surface area (Å²) in [7, 11) is 0. The highest BCUT2D eigenvalue weighted by atomic mass is 16.3. The fourth-order valence-corrected chi connectivity index (χ4v) is 0.629. The van der Waals surface area contributed by atoms with Crippen molar-refractivity contribution in [3.05, 3.63) is 24.9 Å². The molecule has 76 valence electrons. The van der Waals surface area contributed by atoms with E-state index in [0.29, 0.717) is 5.57 Å². The van der Waals surface area contributed by atoms with Crippen LogP contribution in [0.25, 0.3) is 0 Å². The molecule has 0 spiro atoms. The summed E-state index contributed by atoms with van der Waals surface area (Å²) >= 11 is 0. The van der Waals surface area contributed by atoms with Crippen molar-refractivity contribution in [2.24, 2.45) is 0 Å². The van der Waals surface area contributed by atoms with Crippen LogP contribution in [0, 0.1) is 0 Å². The highest BCUT2D eigenvalue weighted by molar-refractivity contribution is 5.92. The summed E-state index contributed by atoms with van der Waals surface area (Å²) in [5.74, 6) is -0.200. The topological polar surface area (TPSA) is 40.5 Å². The first kappa shape index (κ1) is 14.4. The molecule has 0 radical (unpaired) electrons. The van der Waals surface area contributed by atoms with Crippen LogP contribution in [0.4, 0.5) is 0 Å². The predicted octanol–water partition coefficient (Wildman–Crippen LogP) is 1.55. The number of nitrogens with zero attached hydrogens (tertiary/aromatic N) is 1. The van der Waals surface area contributed by atoms with Crippen LogP contribution in [0.15, 0.2) is 24.9 Å². The first-order valence-electron chi connectivity index (χ1n) is 4.33. The molecule has 0 rings (SSSR count). The minimum absolute atomic E-state index is 0.0644. The Hall–Kier alpha value is -1.09. The average molecular weight is 185 g/mol. The molecular formula is C10H19NO2. The zero-order valence-corrected chi connectivity index (χ0v) is 8.71. The van der Waals surface area contributed by atoms with Gasteiger partial charge in [0.25, 0.3) is 5.91 Å². The zero-order chi connectivity index (χ0) is 10.9. The Morgan fingerprint density at radius 1 is 1.54 bits per heavy atom. The molecule has 0 bridgehead atoms. The van der Waals surface area contributed by atoms with Gasteiger partial charge in [0.2, 0.25) is 0 Å². The Bertz CT molecular complexity index is 176. The highest BCUT2D eigenvalue weighted by Crippen LogP contribution is 1.97.